The van der Waals surface area contributed by atoms with Crippen LogP contribution in [0.25, 0.3) is 0 Å². The Morgan fingerprint density at radius 3 is 2.58 bits per heavy atom. The standard InChI is InChI=1S/C18H29N3O3/c1-6-19-21-17(1)11-20(16-4-9-23-10-5-16)12-18(21)14-24-13-15-2-7-22-8-3-15/h1,6,15-16,18H,2-5,7-14H2. The predicted molar refractivity (Wildman–Crippen MR) is 89.9 cm³/mol. The Morgan fingerprint density at radius 2 is 1.79 bits per heavy atom. The van der Waals surface area contributed by atoms with Gasteiger partial charge in [0.25, 0.3) is 0 Å². The molecule has 0 amide bonds. The maximum atomic E-state index is 6.11. The van der Waals surface area contributed by atoms with Crippen molar-refractivity contribution in [2.24, 2.45) is 5.92 Å². The molecule has 3 aliphatic heterocycles. The largest absolute Gasteiger partial charge is 0.381 e. The number of fused-ring (bicyclic) bond motifs is 1. The van der Waals surface area contributed by atoms with E-state index in [0.717, 1.165) is 78.4 Å². The number of hydrogen-bond donors (Lipinski definition) is 0. The van der Waals surface area contributed by atoms with Crippen molar-refractivity contribution in [3.63, 3.8) is 0 Å². The van der Waals surface area contributed by atoms with Gasteiger partial charge < -0.3 is 14.2 Å². The molecule has 1 aromatic heterocycles. The van der Waals surface area contributed by atoms with E-state index in [1.165, 1.54) is 5.69 Å². The van der Waals surface area contributed by atoms with Crippen molar-refractivity contribution in [2.45, 2.75) is 44.3 Å². The van der Waals surface area contributed by atoms with Crippen molar-refractivity contribution in [3.8, 4) is 0 Å². The van der Waals surface area contributed by atoms with E-state index in [9.17, 15) is 0 Å². The van der Waals surface area contributed by atoms with E-state index in [1.54, 1.807) is 0 Å². The number of aromatic nitrogens is 2. The third-order valence-corrected chi connectivity index (χ3v) is 5.62. The van der Waals surface area contributed by atoms with Crippen LogP contribution in [0.15, 0.2) is 12.3 Å². The smallest absolute Gasteiger partial charge is 0.0883 e. The summed E-state index contributed by atoms with van der Waals surface area (Å²) in [5.74, 6) is 0.658. The van der Waals surface area contributed by atoms with Crippen LogP contribution in [0.2, 0.25) is 0 Å². The number of hydrogen-bond acceptors (Lipinski definition) is 5. The first-order valence-corrected chi connectivity index (χ1v) is 9.40. The molecule has 134 valence electrons. The molecule has 1 unspecified atom stereocenters. The van der Waals surface area contributed by atoms with Crippen LogP contribution in [0.3, 0.4) is 0 Å². The third-order valence-electron chi connectivity index (χ3n) is 5.62. The second-order valence-electron chi connectivity index (χ2n) is 7.29. The van der Waals surface area contributed by atoms with Gasteiger partial charge in [0.1, 0.15) is 0 Å². The van der Waals surface area contributed by atoms with Crippen LogP contribution in [0.5, 0.6) is 0 Å². The molecule has 3 aliphatic rings. The molecule has 0 radical (unpaired) electrons. The van der Waals surface area contributed by atoms with E-state index in [2.05, 4.69) is 20.7 Å². The lowest BCUT2D eigenvalue weighted by Gasteiger charge is -2.40. The van der Waals surface area contributed by atoms with Gasteiger partial charge >= 0.3 is 0 Å². The molecule has 6 heteroatoms. The maximum absolute atomic E-state index is 6.11. The molecule has 2 fully saturated rings. The topological polar surface area (TPSA) is 48.8 Å². The van der Waals surface area contributed by atoms with Gasteiger partial charge in [-0.3, -0.25) is 9.58 Å². The van der Waals surface area contributed by atoms with Crippen LogP contribution in [0, 0.1) is 5.92 Å². The molecule has 1 atom stereocenters. The predicted octanol–water partition coefficient (Wildman–Crippen LogP) is 1.86. The first-order valence-electron chi connectivity index (χ1n) is 9.40. The first-order chi connectivity index (χ1) is 11.9. The zero-order valence-electron chi connectivity index (χ0n) is 14.4. The van der Waals surface area contributed by atoms with Gasteiger partial charge in [0.2, 0.25) is 0 Å². The summed E-state index contributed by atoms with van der Waals surface area (Å²) >= 11 is 0. The SMILES string of the molecule is c1cc2n(n1)C(COCC1CCOCC1)CN(C1CCOCC1)C2. The molecular formula is C18H29N3O3. The van der Waals surface area contributed by atoms with Crippen molar-refractivity contribution >= 4 is 0 Å². The van der Waals surface area contributed by atoms with E-state index < -0.39 is 0 Å². The van der Waals surface area contributed by atoms with Gasteiger partial charge in [-0.1, -0.05) is 0 Å². The fourth-order valence-electron chi connectivity index (χ4n) is 4.15. The van der Waals surface area contributed by atoms with Crippen molar-refractivity contribution in [1.82, 2.24) is 14.7 Å². The molecule has 2 saturated heterocycles. The van der Waals surface area contributed by atoms with Gasteiger partial charge in [0.15, 0.2) is 0 Å². The highest BCUT2D eigenvalue weighted by molar-refractivity contribution is 5.06. The van der Waals surface area contributed by atoms with Crippen molar-refractivity contribution in [1.29, 1.82) is 0 Å². The summed E-state index contributed by atoms with van der Waals surface area (Å²) in [6, 6.07) is 3.11. The van der Waals surface area contributed by atoms with E-state index in [4.69, 9.17) is 14.2 Å². The fraction of sp³-hybridized carbons (Fsp3) is 0.833. The Kier molecular flexibility index (Phi) is 5.47. The molecule has 0 N–H and O–H groups in total. The quantitative estimate of drug-likeness (QED) is 0.822. The number of rotatable bonds is 5. The molecule has 24 heavy (non-hydrogen) atoms. The summed E-state index contributed by atoms with van der Waals surface area (Å²) in [7, 11) is 0. The van der Waals surface area contributed by atoms with Gasteiger partial charge in [-0.2, -0.15) is 5.10 Å². The summed E-state index contributed by atoms with van der Waals surface area (Å²) in [6.07, 6.45) is 6.47. The highest BCUT2D eigenvalue weighted by Gasteiger charge is 2.31. The Labute approximate surface area is 144 Å². The van der Waals surface area contributed by atoms with E-state index in [-0.39, 0.29) is 0 Å². The molecule has 0 bridgehead atoms. The van der Waals surface area contributed by atoms with Crippen molar-refractivity contribution < 1.29 is 14.2 Å². The van der Waals surface area contributed by atoms with Crippen LogP contribution >= 0.6 is 0 Å². The van der Waals surface area contributed by atoms with Gasteiger partial charge in [0, 0.05) is 58.4 Å². The highest BCUT2D eigenvalue weighted by atomic mass is 16.5. The van der Waals surface area contributed by atoms with Crippen LogP contribution in [-0.2, 0) is 20.8 Å². The molecule has 0 saturated carbocycles. The van der Waals surface area contributed by atoms with Gasteiger partial charge in [0.05, 0.1) is 18.3 Å². The summed E-state index contributed by atoms with van der Waals surface area (Å²) in [5, 5.41) is 4.55. The second-order valence-corrected chi connectivity index (χ2v) is 7.29. The van der Waals surface area contributed by atoms with Gasteiger partial charge in [-0.25, -0.2) is 0 Å². The minimum absolute atomic E-state index is 0.325. The van der Waals surface area contributed by atoms with E-state index in [0.29, 0.717) is 18.0 Å². The van der Waals surface area contributed by atoms with Crippen LogP contribution in [-0.4, -0.2) is 66.9 Å². The Morgan fingerprint density at radius 1 is 1.04 bits per heavy atom. The van der Waals surface area contributed by atoms with Crippen LogP contribution in [0.1, 0.15) is 37.4 Å². The zero-order chi connectivity index (χ0) is 16.2. The molecule has 0 spiro atoms. The first kappa shape index (κ1) is 16.5. The van der Waals surface area contributed by atoms with Gasteiger partial charge in [-0.05, 0) is 37.7 Å². The van der Waals surface area contributed by atoms with Crippen LogP contribution < -0.4 is 0 Å². The third kappa shape index (κ3) is 3.82. The van der Waals surface area contributed by atoms with Crippen LogP contribution in [0.4, 0.5) is 0 Å². The minimum atomic E-state index is 0.325. The van der Waals surface area contributed by atoms with Gasteiger partial charge in [-0.15, -0.1) is 0 Å². The molecule has 0 aromatic carbocycles. The lowest BCUT2D eigenvalue weighted by molar-refractivity contribution is -0.0130. The zero-order valence-corrected chi connectivity index (χ0v) is 14.4. The van der Waals surface area contributed by atoms with E-state index in [1.807, 2.05) is 6.20 Å². The van der Waals surface area contributed by atoms with E-state index >= 15 is 0 Å². The molecule has 4 rings (SSSR count). The average molecular weight is 335 g/mol. The monoisotopic (exact) mass is 335 g/mol. The molecule has 1 aromatic rings. The molecule has 6 nitrogen and oxygen atoms in total. The summed E-state index contributed by atoms with van der Waals surface area (Å²) in [5.41, 5.74) is 1.31. The lowest BCUT2D eigenvalue weighted by Crippen LogP contribution is -2.46. The summed E-state index contributed by atoms with van der Waals surface area (Å²) in [6.45, 7) is 7.21. The lowest BCUT2D eigenvalue weighted by atomic mass is 10.0. The Hall–Kier alpha value is -0.950. The average Bonchev–Trinajstić information content (AvgIpc) is 3.12. The number of ether oxygens (including phenoxy) is 3. The Balaban J connectivity index is 1.34. The Bertz CT molecular complexity index is 509. The molecular weight excluding hydrogens is 306 g/mol. The summed E-state index contributed by atoms with van der Waals surface area (Å²) in [4.78, 5) is 2.61. The van der Waals surface area contributed by atoms with Crippen molar-refractivity contribution in [3.05, 3.63) is 18.0 Å². The van der Waals surface area contributed by atoms with Crippen molar-refractivity contribution in [2.75, 3.05) is 46.2 Å². The normalized spacial score (nSPS) is 27.2. The fourth-order valence-corrected chi connectivity index (χ4v) is 4.15. The molecule has 4 heterocycles. The minimum Gasteiger partial charge on any atom is -0.381 e. The number of nitrogens with zero attached hydrogens (tertiary/aromatic N) is 3. The summed E-state index contributed by atoms with van der Waals surface area (Å²) < 4.78 is 19.2. The maximum Gasteiger partial charge on any atom is 0.0883 e. The highest BCUT2D eigenvalue weighted by Crippen LogP contribution is 2.26. The molecule has 0 aliphatic carbocycles. The second kappa shape index (κ2) is 7.95.